The third kappa shape index (κ3) is 4.12. The van der Waals surface area contributed by atoms with Crippen molar-refractivity contribution in [2.75, 3.05) is 25.2 Å². The predicted molar refractivity (Wildman–Crippen MR) is 134 cm³/mol. The first-order chi connectivity index (χ1) is 16.5. The first-order valence-corrected chi connectivity index (χ1v) is 11.6. The number of anilines is 1. The molecule has 0 bridgehead atoms. The third-order valence-corrected chi connectivity index (χ3v) is 6.61. The molecule has 0 unspecified atom stereocenters. The molecule has 0 N–H and O–H groups in total. The summed E-state index contributed by atoms with van der Waals surface area (Å²) < 4.78 is 13.8. The minimum Gasteiger partial charge on any atom is -0.495 e. The Kier molecular flexibility index (Phi) is 5.97. The van der Waals surface area contributed by atoms with E-state index in [-0.39, 0.29) is 11.8 Å². The fourth-order valence-corrected chi connectivity index (χ4v) is 4.67. The van der Waals surface area contributed by atoms with Crippen LogP contribution < -0.4 is 14.4 Å². The Balaban J connectivity index is 1.40. The van der Waals surface area contributed by atoms with Crippen molar-refractivity contribution >= 4 is 22.6 Å². The molecular weight excluding hydrogens is 426 g/mol. The molecular formula is C28H29N3O3. The molecule has 0 spiro atoms. The van der Waals surface area contributed by atoms with Gasteiger partial charge in [-0.1, -0.05) is 30.3 Å². The number of para-hydroxylation sites is 4. The maximum atomic E-state index is 13.0. The van der Waals surface area contributed by atoms with Crippen LogP contribution in [-0.2, 0) is 11.3 Å². The highest BCUT2D eigenvalue weighted by molar-refractivity contribution is 5.97. The van der Waals surface area contributed by atoms with E-state index in [1.165, 1.54) is 11.1 Å². The Bertz CT molecular complexity index is 1340. The second kappa shape index (κ2) is 9.21. The summed E-state index contributed by atoms with van der Waals surface area (Å²) in [5, 5.41) is 0. The van der Waals surface area contributed by atoms with Gasteiger partial charge in [-0.15, -0.1) is 0 Å². The lowest BCUT2D eigenvalue weighted by molar-refractivity contribution is -0.117. The van der Waals surface area contributed by atoms with Crippen molar-refractivity contribution in [3.8, 4) is 11.5 Å². The summed E-state index contributed by atoms with van der Waals surface area (Å²) in [4.78, 5) is 19.8. The molecule has 1 saturated heterocycles. The van der Waals surface area contributed by atoms with E-state index in [1.807, 2.05) is 53.4 Å². The number of nitrogens with zero attached hydrogens (tertiary/aromatic N) is 3. The molecule has 0 radical (unpaired) electrons. The van der Waals surface area contributed by atoms with Crippen LogP contribution in [0.2, 0.25) is 0 Å². The van der Waals surface area contributed by atoms with Crippen molar-refractivity contribution in [2.24, 2.45) is 0 Å². The fraction of sp³-hybridized carbons (Fsp3) is 0.286. The summed E-state index contributed by atoms with van der Waals surface area (Å²) in [7, 11) is 1.63. The second-order valence-electron chi connectivity index (χ2n) is 8.78. The van der Waals surface area contributed by atoms with Gasteiger partial charge in [0.1, 0.15) is 23.9 Å². The Labute approximate surface area is 199 Å². The molecule has 0 aliphatic carbocycles. The first kappa shape index (κ1) is 22.0. The summed E-state index contributed by atoms with van der Waals surface area (Å²) >= 11 is 0. The number of benzene rings is 3. The van der Waals surface area contributed by atoms with Crippen molar-refractivity contribution in [2.45, 2.75) is 32.7 Å². The molecule has 1 amide bonds. The van der Waals surface area contributed by atoms with Gasteiger partial charge in [-0.2, -0.15) is 0 Å². The largest absolute Gasteiger partial charge is 0.495 e. The molecule has 1 aliphatic rings. The average Bonchev–Trinajstić information content (AvgIpc) is 3.42. The predicted octanol–water partition coefficient (Wildman–Crippen LogP) is 5.26. The van der Waals surface area contributed by atoms with E-state index in [0.29, 0.717) is 31.9 Å². The summed E-state index contributed by atoms with van der Waals surface area (Å²) in [6.45, 7) is 5.93. The fourth-order valence-electron chi connectivity index (χ4n) is 4.67. The molecule has 174 valence electrons. The van der Waals surface area contributed by atoms with Gasteiger partial charge in [-0.25, -0.2) is 4.98 Å². The van der Waals surface area contributed by atoms with Crippen LogP contribution in [0, 0.1) is 13.8 Å². The molecule has 0 saturated carbocycles. The molecule has 6 heteroatoms. The average molecular weight is 456 g/mol. The van der Waals surface area contributed by atoms with Crippen molar-refractivity contribution in [3.63, 3.8) is 0 Å². The number of rotatable bonds is 7. The Morgan fingerprint density at radius 2 is 1.79 bits per heavy atom. The number of fused-ring (bicyclic) bond motifs is 1. The standard InChI is InChI=1S/C28H29N3O3/c1-19-12-13-22(16-20(19)2)34-15-14-30-24-9-5-4-8-23(24)29-28(30)21-17-27(32)31(18-21)25-10-6-7-11-26(25)33-3/h4-13,16,21H,14-15,17-18H2,1-3H3/t21-/m0/s1. The van der Waals surface area contributed by atoms with Crippen LogP contribution in [0.25, 0.3) is 11.0 Å². The summed E-state index contributed by atoms with van der Waals surface area (Å²) in [6.07, 6.45) is 0.416. The number of ether oxygens (including phenoxy) is 2. The van der Waals surface area contributed by atoms with E-state index in [4.69, 9.17) is 14.5 Å². The minimum absolute atomic E-state index is 0.00793. The van der Waals surface area contributed by atoms with Crippen molar-refractivity contribution in [3.05, 3.63) is 83.7 Å². The smallest absolute Gasteiger partial charge is 0.227 e. The van der Waals surface area contributed by atoms with Crippen LogP contribution in [0.3, 0.4) is 0 Å². The zero-order valence-electron chi connectivity index (χ0n) is 19.8. The van der Waals surface area contributed by atoms with Crippen molar-refractivity contribution in [1.82, 2.24) is 9.55 Å². The topological polar surface area (TPSA) is 56.6 Å². The highest BCUT2D eigenvalue weighted by atomic mass is 16.5. The molecule has 5 rings (SSSR count). The van der Waals surface area contributed by atoms with Crippen LogP contribution in [0.15, 0.2) is 66.7 Å². The van der Waals surface area contributed by atoms with Crippen molar-refractivity contribution < 1.29 is 14.3 Å². The van der Waals surface area contributed by atoms with Gasteiger partial charge in [0.05, 0.1) is 30.4 Å². The van der Waals surface area contributed by atoms with Gasteiger partial charge in [0.2, 0.25) is 5.91 Å². The molecule has 34 heavy (non-hydrogen) atoms. The van der Waals surface area contributed by atoms with E-state index >= 15 is 0 Å². The van der Waals surface area contributed by atoms with Gasteiger partial charge in [0, 0.05) is 18.9 Å². The Morgan fingerprint density at radius 1 is 1.00 bits per heavy atom. The number of methoxy groups -OCH3 is 1. The van der Waals surface area contributed by atoms with Crippen LogP contribution in [0.4, 0.5) is 5.69 Å². The lowest BCUT2D eigenvalue weighted by atomic mass is 10.1. The maximum absolute atomic E-state index is 13.0. The molecule has 1 aliphatic heterocycles. The molecule has 4 aromatic rings. The van der Waals surface area contributed by atoms with Crippen LogP contribution in [0.1, 0.15) is 29.3 Å². The number of carbonyl (C=O) groups is 1. The van der Waals surface area contributed by atoms with Crippen LogP contribution >= 0.6 is 0 Å². The van der Waals surface area contributed by atoms with Gasteiger partial charge in [-0.05, 0) is 61.4 Å². The third-order valence-electron chi connectivity index (χ3n) is 6.61. The molecule has 1 atom stereocenters. The monoisotopic (exact) mass is 455 g/mol. The Hall–Kier alpha value is -3.80. The Morgan fingerprint density at radius 3 is 2.62 bits per heavy atom. The van der Waals surface area contributed by atoms with Crippen LogP contribution in [0.5, 0.6) is 11.5 Å². The SMILES string of the molecule is COc1ccccc1N1C[C@@H](c2nc3ccccc3n2CCOc2ccc(C)c(C)c2)CC1=O. The van der Waals surface area contributed by atoms with E-state index in [9.17, 15) is 4.79 Å². The highest BCUT2D eigenvalue weighted by Gasteiger charge is 2.35. The van der Waals surface area contributed by atoms with E-state index < -0.39 is 0 Å². The zero-order valence-corrected chi connectivity index (χ0v) is 19.8. The molecule has 2 heterocycles. The minimum atomic E-state index is -0.00793. The summed E-state index contributed by atoms with van der Waals surface area (Å²) in [6, 6.07) is 21.9. The lowest BCUT2D eigenvalue weighted by Gasteiger charge is -2.20. The number of amides is 1. The maximum Gasteiger partial charge on any atom is 0.227 e. The van der Waals surface area contributed by atoms with E-state index in [0.717, 1.165) is 28.3 Å². The number of hydrogen-bond donors (Lipinski definition) is 0. The van der Waals surface area contributed by atoms with Gasteiger partial charge in [0.25, 0.3) is 0 Å². The first-order valence-electron chi connectivity index (χ1n) is 11.6. The second-order valence-corrected chi connectivity index (χ2v) is 8.78. The lowest BCUT2D eigenvalue weighted by Crippen LogP contribution is -2.25. The normalized spacial score (nSPS) is 15.8. The summed E-state index contributed by atoms with van der Waals surface area (Å²) in [5.41, 5.74) is 5.27. The van der Waals surface area contributed by atoms with E-state index in [2.05, 4.69) is 36.6 Å². The van der Waals surface area contributed by atoms with E-state index in [1.54, 1.807) is 7.11 Å². The van der Waals surface area contributed by atoms with Gasteiger partial charge < -0.3 is 18.9 Å². The number of imidazole rings is 1. The number of aromatic nitrogens is 2. The summed E-state index contributed by atoms with van der Waals surface area (Å²) in [5.74, 6) is 2.57. The molecule has 6 nitrogen and oxygen atoms in total. The number of carbonyl (C=O) groups excluding carboxylic acids is 1. The van der Waals surface area contributed by atoms with Gasteiger partial charge >= 0.3 is 0 Å². The van der Waals surface area contributed by atoms with Crippen molar-refractivity contribution in [1.29, 1.82) is 0 Å². The quantitative estimate of drug-likeness (QED) is 0.381. The van der Waals surface area contributed by atoms with Crippen LogP contribution in [-0.4, -0.2) is 35.7 Å². The zero-order chi connectivity index (χ0) is 23.7. The van der Waals surface area contributed by atoms with Gasteiger partial charge in [0.15, 0.2) is 0 Å². The number of hydrogen-bond acceptors (Lipinski definition) is 4. The number of aryl methyl sites for hydroxylation is 2. The highest BCUT2D eigenvalue weighted by Crippen LogP contribution is 2.37. The molecule has 1 aromatic heterocycles. The van der Waals surface area contributed by atoms with Gasteiger partial charge in [-0.3, -0.25) is 4.79 Å². The molecule has 3 aromatic carbocycles. The molecule has 1 fully saturated rings.